The first kappa shape index (κ1) is 31.6. The molecule has 0 saturated carbocycles. The van der Waals surface area contributed by atoms with Crippen LogP contribution < -0.4 is 15.5 Å². The highest BCUT2D eigenvalue weighted by atomic mass is 16.7. The number of amides is 2. The predicted molar refractivity (Wildman–Crippen MR) is 177 cm³/mol. The van der Waals surface area contributed by atoms with Crippen LogP contribution in [0.15, 0.2) is 91.3 Å². The average molecular weight is 623 g/mol. The van der Waals surface area contributed by atoms with E-state index in [9.17, 15) is 9.90 Å². The highest BCUT2D eigenvalue weighted by molar-refractivity contribution is 5.74. The van der Waals surface area contributed by atoms with Gasteiger partial charge in [-0.05, 0) is 40.8 Å². The van der Waals surface area contributed by atoms with Crippen LogP contribution in [0.25, 0.3) is 11.1 Å². The van der Waals surface area contributed by atoms with E-state index in [2.05, 4.69) is 60.7 Å². The zero-order valence-electron chi connectivity index (χ0n) is 26.2. The van der Waals surface area contributed by atoms with Crippen LogP contribution in [0.1, 0.15) is 48.0 Å². The first-order chi connectivity index (χ1) is 22.6. The molecule has 240 valence electrons. The zero-order valence-corrected chi connectivity index (χ0v) is 26.2. The number of nitrogens with one attached hydrogen (secondary N) is 2. The third-order valence-corrected chi connectivity index (χ3v) is 8.57. The van der Waals surface area contributed by atoms with Gasteiger partial charge in [0.25, 0.3) is 0 Å². The van der Waals surface area contributed by atoms with Gasteiger partial charge in [-0.15, -0.1) is 0 Å². The number of carbonyl (C=O) groups is 1. The van der Waals surface area contributed by atoms with Crippen molar-refractivity contribution in [3.8, 4) is 11.1 Å². The molecule has 3 N–H and O–H groups in total. The molecule has 4 aromatic rings. The lowest BCUT2D eigenvalue weighted by molar-refractivity contribution is -0.253. The van der Waals surface area contributed by atoms with E-state index < -0.39 is 6.29 Å². The molecule has 46 heavy (non-hydrogen) atoms. The van der Waals surface area contributed by atoms with E-state index in [0.717, 1.165) is 78.5 Å². The quantitative estimate of drug-likeness (QED) is 0.231. The summed E-state index contributed by atoms with van der Waals surface area (Å²) in [4.78, 5) is 25.5. The maximum atomic E-state index is 12.0. The van der Waals surface area contributed by atoms with Crippen molar-refractivity contribution in [3.05, 3.63) is 114 Å². The summed E-state index contributed by atoms with van der Waals surface area (Å²) in [6.45, 7) is 7.27. The SMILES string of the molecule is CCNC(=O)NCc1ccccc1-c1ccc([C@@H]2O[C@H](CN3CCN(c4ncccn4)CC3)C[C@H](c3ccc(CO)cc3)O2)cc1. The average Bonchev–Trinajstić information content (AvgIpc) is 3.12. The van der Waals surface area contributed by atoms with Crippen molar-refractivity contribution in [1.29, 1.82) is 0 Å². The van der Waals surface area contributed by atoms with Gasteiger partial charge in [-0.1, -0.05) is 72.8 Å². The molecule has 10 nitrogen and oxygen atoms in total. The van der Waals surface area contributed by atoms with Crippen molar-refractivity contribution >= 4 is 12.0 Å². The number of nitrogens with zero attached hydrogens (tertiary/aromatic N) is 4. The van der Waals surface area contributed by atoms with Crippen molar-refractivity contribution in [2.24, 2.45) is 0 Å². The third-order valence-electron chi connectivity index (χ3n) is 8.57. The summed E-state index contributed by atoms with van der Waals surface area (Å²) in [7, 11) is 0. The lowest BCUT2D eigenvalue weighted by atomic mass is 9.97. The number of benzene rings is 3. The number of aliphatic hydroxyl groups excluding tert-OH is 1. The molecule has 2 fully saturated rings. The predicted octanol–water partition coefficient (Wildman–Crippen LogP) is 4.82. The summed E-state index contributed by atoms with van der Waals surface area (Å²) in [5.41, 5.74) is 6.07. The zero-order chi connectivity index (χ0) is 31.7. The van der Waals surface area contributed by atoms with Crippen LogP contribution >= 0.6 is 0 Å². The molecule has 6 rings (SSSR count). The number of ether oxygens (including phenoxy) is 2. The van der Waals surface area contributed by atoms with E-state index in [0.29, 0.717) is 13.1 Å². The molecule has 3 atom stereocenters. The third kappa shape index (κ3) is 7.89. The van der Waals surface area contributed by atoms with E-state index in [-0.39, 0.29) is 24.8 Å². The molecule has 3 heterocycles. The summed E-state index contributed by atoms with van der Waals surface area (Å²) < 4.78 is 13.2. The minimum absolute atomic E-state index is 0.0115. The lowest BCUT2D eigenvalue weighted by Crippen LogP contribution is -2.50. The number of aromatic nitrogens is 2. The van der Waals surface area contributed by atoms with E-state index in [1.807, 2.05) is 55.5 Å². The number of piperazine rings is 1. The number of anilines is 1. The minimum atomic E-state index is -0.524. The molecule has 2 amide bonds. The Bertz CT molecular complexity index is 1550. The number of carbonyl (C=O) groups excluding carboxylic acids is 1. The lowest BCUT2D eigenvalue weighted by Gasteiger charge is -2.40. The number of hydrogen-bond donors (Lipinski definition) is 3. The number of hydrogen-bond acceptors (Lipinski definition) is 8. The van der Waals surface area contributed by atoms with Gasteiger partial charge in [-0.2, -0.15) is 0 Å². The van der Waals surface area contributed by atoms with E-state index in [4.69, 9.17) is 9.47 Å². The topological polar surface area (TPSA) is 112 Å². The van der Waals surface area contributed by atoms with Crippen molar-refractivity contribution in [3.63, 3.8) is 0 Å². The molecule has 1 aromatic heterocycles. The van der Waals surface area contributed by atoms with Crippen LogP contribution in [0.3, 0.4) is 0 Å². The first-order valence-electron chi connectivity index (χ1n) is 16.0. The van der Waals surface area contributed by atoms with Crippen LogP contribution in [0.4, 0.5) is 10.7 Å². The van der Waals surface area contributed by atoms with E-state index >= 15 is 0 Å². The maximum Gasteiger partial charge on any atom is 0.315 e. The van der Waals surface area contributed by atoms with Gasteiger partial charge in [0.15, 0.2) is 6.29 Å². The van der Waals surface area contributed by atoms with Gasteiger partial charge in [0.2, 0.25) is 5.95 Å². The van der Waals surface area contributed by atoms with Gasteiger partial charge < -0.3 is 30.1 Å². The molecule has 3 aromatic carbocycles. The number of urea groups is 1. The molecule has 2 saturated heterocycles. The Hall–Kier alpha value is -4.35. The summed E-state index contributed by atoms with van der Waals surface area (Å²) in [5, 5.41) is 15.3. The second-order valence-electron chi connectivity index (χ2n) is 11.7. The summed E-state index contributed by atoms with van der Waals surface area (Å²) in [5.74, 6) is 0.778. The second-order valence-corrected chi connectivity index (χ2v) is 11.7. The van der Waals surface area contributed by atoms with Crippen molar-refractivity contribution in [1.82, 2.24) is 25.5 Å². The second kappa shape index (κ2) is 15.3. The molecule has 0 aliphatic carbocycles. The number of rotatable bonds is 10. The van der Waals surface area contributed by atoms with Crippen LogP contribution in [-0.4, -0.2) is 71.4 Å². The molecule has 0 radical (unpaired) electrons. The Morgan fingerprint density at radius 3 is 2.30 bits per heavy atom. The van der Waals surface area contributed by atoms with Gasteiger partial charge in [0.05, 0.1) is 18.8 Å². The highest BCUT2D eigenvalue weighted by Gasteiger charge is 2.34. The monoisotopic (exact) mass is 622 g/mol. The molecule has 0 spiro atoms. The normalized spacial score (nSPS) is 20.3. The van der Waals surface area contributed by atoms with Crippen molar-refractivity contribution in [2.75, 3.05) is 44.2 Å². The standard InChI is InChI=1S/C36H42N6O4/c1-2-37-36(44)40-23-30-6-3-4-7-32(30)27-12-14-29(15-13-27)34-45-31(22-33(46-34)28-10-8-26(25-43)9-11-28)24-41-18-20-42(21-19-41)35-38-16-5-17-39-35/h3-17,31,33-34,43H,2,18-25H2,1H3,(H2,37,40,44)/t31-,33+,34+/m0/s1. The molecule has 0 unspecified atom stereocenters. The highest BCUT2D eigenvalue weighted by Crippen LogP contribution is 2.39. The van der Waals surface area contributed by atoms with Gasteiger partial charge in [0, 0.05) is 70.2 Å². The molecule has 2 aliphatic rings. The summed E-state index contributed by atoms with van der Waals surface area (Å²) in [6, 6.07) is 26.1. The molecule has 0 bridgehead atoms. The molecular weight excluding hydrogens is 580 g/mol. The van der Waals surface area contributed by atoms with Gasteiger partial charge in [-0.25, -0.2) is 14.8 Å². The Morgan fingerprint density at radius 2 is 1.59 bits per heavy atom. The number of aliphatic hydroxyl groups is 1. The smallest absolute Gasteiger partial charge is 0.315 e. The Balaban J connectivity index is 1.16. The first-order valence-corrected chi connectivity index (χ1v) is 16.0. The van der Waals surface area contributed by atoms with Crippen LogP contribution in [-0.2, 0) is 22.6 Å². The van der Waals surface area contributed by atoms with Crippen LogP contribution in [0, 0.1) is 0 Å². The van der Waals surface area contributed by atoms with Gasteiger partial charge >= 0.3 is 6.03 Å². The fraction of sp³-hybridized carbons (Fsp3) is 0.361. The summed E-state index contributed by atoms with van der Waals surface area (Å²) in [6.07, 6.45) is 3.62. The minimum Gasteiger partial charge on any atom is -0.392 e. The molecular formula is C36H42N6O4. The Morgan fingerprint density at radius 1 is 0.870 bits per heavy atom. The van der Waals surface area contributed by atoms with Crippen LogP contribution in [0.5, 0.6) is 0 Å². The molecule has 2 aliphatic heterocycles. The Kier molecular flexibility index (Phi) is 10.5. The van der Waals surface area contributed by atoms with E-state index in [1.54, 1.807) is 12.4 Å². The van der Waals surface area contributed by atoms with Gasteiger partial charge in [0.1, 0.15) is 0 Å². The largest absolute Gasteiger partial charge is 0.392 e. The van der Waals surface area contributed by atoms with Gasteiger partial charge in [-0.3, -0.25) is 4.90 Å². The van der Waals surface area contributed by atoms with Crippen LogP contribution in [0.2, 0.25) is 0 Å². The maximum absolute atomic E-state index is 12.0. The summed E-state index contributed by atoms with van der Waals surface area (Å²) >= 11 is 0. The fourth-order valence-electron chi connectivity index (χ4n) is 6.08. The fourth-order valence-corrected chi connectivity index (χ4v) is 6.08. The van der Waals surface area contributed by atoms with E-state index in [1.165, 1.54) is 0 Å². The van der Waals surface area contributed by atoms with Crippen molar-refractivity contribution in [2.45, 2.75) is 45.0 Å². The van der Waals surface area contributed by atoms with Crippen molar-refractivity contribution < 1.29 is 19.4 Å². The Labute approximate surface area is 270 Å². The molecule has 10 heteroatoms.